The number of carboxylic acids is 2. The first kappa shape index (κ1) is 33.0. The third kappa shape index (κ3) is 28.1. The minimum Gasteiger partial charge on any atom is -0.550 e. The fourth-order valence-electron chi connectivity index (χ4n) is 3.61. The molecule has 0 aliphatic rings. The minimum absolute atomic E-state index is 0.179. The van der Waals surface area contributed by atoms with Crippen LogP contribution in [0.4, 0.5) is 0 Å². The lowest BCUT2D eigenvalue weighted by Crippen LogP contribution is -2.21. The molecule has 196 valence electrons. The molecule has 0 aromatic carbocycles. The Morgan fingerprint density at radius 2 is 0.727 bits per heavy atom. The second-order valence-electron chi connectivity index (χ2n) is 8.72. The average molecular weight is 524 g/mol. The number of carbonyl (C=O) groups is 2. The van der Waals surface area contributed by atoms with Gasteiger partial charge in [-0.2, -0.15) is 0 Å². The SMILES string of the molecule is O=C([O-])CCCCCCCCCCCO[P+]([S-])([S-])OCCCCCCCCCCCC(=O)[O-]. The molecular formula is C24H44O6PS2-3. The van der Waals surface area contributed by atoms with Gasteiger partial charge >= 0.3 is 0 Å². The maximum atomic E-state index is 10.3. The highest BCUT2D eigenvalue weighted by molar-refractivity contribution is 8.70. The van der Waals surface area contributed by atoms with E-state index in [4.69, 9.17) is 33.5 Å². The van der Waals surface area contributed by atoms with Gasteiger partial charge < -0.3 is 44.3 Å². The minimum atomic E-state index is -2.54. The van der Waals surface area contributed by atoms with Crippen LogP contribution in [-0.4, -0.2) is 25.2 Å². The fraction of sp³-hybridized carbons (Fsp3) is 0.917. The lowest BCUT2D eigenvalue weighted by Gasteiger charge is -2.34. The van der Waals surface area contributed by atoms with Crippen LogP contribution in [-0.2, 0) is 43.1 Å². The molecule has 0 spiro atoms. The molecule has 0 radical (unpaired) electrons. The highest BCUT2D eigenvalue weighted by Crippen LogP contribution is 2.56. The molecule has 0 aliphatic carbocycles. The van der Waals surface area contributed by atoms with E-state index in [1.165, 1.54) is 38.5 Å². The Balaban J connectivity index is 3.33. The van der Waals surface area contributed by atoms with Crippen LogP contribution in [0.15, 0.2) is 0 Å². The largest absolute Gasteiger partial charge is 0.550 e. The van der Waals surface area contributed by atoms with Crippen molar-refractivity contribution in [2.45, 2.75) is 128 Å². The molecule has 0 saturated heterocycles. The van der Waals surface area contributed by atoms with E-state index in [0.29, 0.717) is 13.2 Å². The van der Waals surface area contributed by atoms with Crippen molar-refractivity contribution < 1.29 is 28.8 Å². The zero-order chi connectivity index (χ0) is 24.6. The Labute approximate surface area is 212 Å². The van der Waals surface area contributed by atoms with E-state index in [2.05, 4.69) is 0 Å². The number of carboxylic acid groups (broad SMARTS) is 2. The molecule has 9 heteroatoms. The molecule has 0 amide bonds. The quantitative estimate of drug-likeness (QED) is 0.0878. The fourth-order valence-corrected chi connectivity index (χ4v) is 5.28. The molecule has 0 rings (SSSR count). The molecule has 0 fully saturated rings. The molecule has 0 bridgehead atoms. The molecule has 0 N–H and O–H groups in total. The second kappa shape index (κ2) is 23.7. The Kier molecular flexibility index (Phi) is 23.7. The van der Waals surface area contributed by atoms with Crippen molar-refractivity contribution in [1.29, 1.82) is 0 Å². The summed E-state index contributed by atoms with van der Waals surface area (Å²) in [5, 5.41) is 20.6. The maximum absolute atomic E-state index is 10.3. The highest BCUT2D eigenvalue weighted by atomic mass is 33.1. The van der Waals surface area contributed by atoms with E-state index in [1.54, 1.807) is 0 Å². The number of hydrogen-bond acceptors (Lipinski definition) is 8. The topological polar surface area (TPSA) is 98.7 Å². The van der Waals surface area contributed by atoms with Gasteiger partial charge in [-0.3, -0.25) is 9.05 Å². The monoisotopic (exact) mass is 523 g/mol. The van der Waals surface area contributed by atoms with Gasteiger partial charge in [0.05, 0.1) is 13.2 Å². The van der Waals surface area contributed by atoms with Crippen LogP contribution in [0.1, 0.15) is 128 Å². The van der Waals surface area contributed by atoms with Crippen LogP contribution >= 0.6 is 6.12 Å². The van der Waals surface area contributed by atoms with Crippen molar-refractivity contribution in [3.05, 3.63) is 0 Å². The lowest BCUT2D eigenvalue weighted by atomic mass is 10.1. The van der Waals surface area contributed by atoms with Gasteiger partial charge in [-0.25, -0.2) is 0 Å². The third-order valence-electron chi connectivity index (χ3n) is 5.55. The first-order chi connectivity index (χ1) is 15.8. The van der Waals surface area contributed by atoms with E-state index < -0.39 is 18.1 Å². The first-order valence-corrected chi connectivity index (χ1v) is 16.5. The summed E-state index contributed by atoms with van der Waals surface area (Å²) in [7, 11) is 0. The predicted molar refractivity (Wildman–Crippen MR) is 136 cm³/mol. The van der Waals surface area contributed by atoms with Crippen molar-refractivity contribution in [2.24, 2.45) is 0 Å². The van der Waals surface area contributed by atoms with E-state index in [9.17, 15) is 19.8 Å². The van der Waals surface area contributed by atoms with E-state index in [1.807, 2.05) is 0 Å². The second-order valence-corrected chi connectivity index (χ2v) is 13.7. The summed E-state index contributed by atoms with van der Waals surface area (Å²) in [5.41, 5.74) is 0. The van der Waals surface area contributed by atoms with Crippen LogP contribution in [0.5, 0.6) is 0 Å². The van der Waals surface area contributed by atoms with Crippen LogP contribution in [0.2, 0.25) is 0 Å². The van der Waals surface area contributed by atoms with Crippen molar-refractivity contribution in [1.82, 2.24) is 0 Å². The van der Waals surface area contributed by atoms with Gasteiger partial charge in [0, 0.05) is 18.1 Å². The normalized spacial score (nSPS) is 11.7. The summed E-state index contributed by atoms with van der Waals surface area (Å²) >= 11 is 10.6. The van der Waals surface area contributed by atoms with E-state index in [0.717, 1.165) is 77.0 Å². The molecule has 0 heterocycles. The number of carbonyl (C=O) groups excluding carboxylic acids is 2. The molecule has 0 unspecified atom stereocenters. The number of rotatable bonds is 26. The highest BCUT2D eigenvalue weighted by Gasteiger charge is 2.10. The Morgan fingerprint density at radius 1 is 0.485 bits per heavy atom. The van der Waals surface area contributed by atoms with Crippen molar-refractivity contribution in [3.63, 3.8) is 0 Å². The molecular weight excluding hydrogens is 479 g/mol. The standard InChI is InChI=1S/C24H47O6PS2/c25-23(26)19-15-11-7-3-1-5-9-13-17-21-29-31(32,33)30-22-18-14-10-6-2-4-8-12-16-20-24(27)28/h1-22H2,(H,25,26)(H,27,28)(H,32,33)/p-3. The van der Waals surface area contributed by atoms with Crippen molar-refractivity contribution >= 4 is 42.6 Å². The van der Waals surface area contributed by atoms with Gasteiger partial charge in [-0.15, -0.1) is 0 Å². The Morgan fingerprint density at radius 3 is 1.00 bits per heavy atom. The van der Waals surface area contributed by atoms with Gasteiger partial charge in [0.15, 0.2) is 0 Å². The zero-order valence-electron chi connectivity index (χ0n) is 20.3. The molecule has 6 nitrogen and oxygen atoms in total. The Bertz CT molecular complexity index is 440. The van der Waals surface area contributed by atoms with Crippen molar-refractivity contribution in [2.75, 3.05) is 13.2 Å². The van der Waals surface area contributed by atoms with Crippen LogP contribution in [0, 0.1) is 0 Å². The van der Waals surface area contributed by atoms with Gasteiger partial charge in [-0.1, -0.05) is 89.9 Å². The number of aliphatic carboxylic acids is 2. The summed E-state index contributed by atoms with van der Waals surface area (Å²) in [4.78, 5) is 20.6. The summed E-state index contributed by atoms with van der Waals surface area (Å²) in [6.45, 7) is 1.15. The van der Waals surface area contributed by atoms with E-state index in [-0.39, 0.29) is 12.8 Å². The zero-order valence-corrected chi connectivity index (χ0v) is 22.8. The van der Waals surface area contributed by atoms with Crippen molar-refractivity contribution in [3.8, 4) is 0 Å². The van der Waals surface area contributed by atoms with Gasteiger partial charge in [0.2, 0.25) is 0 Å². The molecule has 0 atom stereocenters. The molecule has 0 aromatic rings. The van der Waals surface area contributed by atoms with Gasteiger partial charge in [0.1, 0.15) is 0 Å². The van der Waals surface area contributed by atoms with E-state index >= 15 is 0 Å². The lowest BCUT2D eigenvalue weighted by molar-refractivity contribution is -0.307. The first-order valence-electron chi connectivity index (χ1n) is 12.8. The van der Waals surface area contributed by atoms with Crippen LogP contribution in [0.25, 0.3) is 0 Å². The summed E-state index contributed by atoms with van der Waals surface area (Å²) in [6.07, 6.45) is 17.0. The summed E-state index contributed by atoms with van der Waals surface area (Å²) in [6, 6.07) is 0. The predicted octanol–water partition coefficient (Wildman–Crippen LogP) is 5.09. The summed E-state index contributed by atoms with van der Waals surface area (Å²) < 4.78 is 11.3. The van der Waals surface area contributed by atoms with Gasteiger partial charge in [0.25, 0.3) is 0 Å². The molecule has 33 heavy (non-hydrogen) atoms. The maximum Gasteiger partial charge on any atom is 0.0892 e. The van der Waals surface area contributed by atoms with Crippen LogP contribution < -0.4 is 10.2 Å². The number of hydrogen-bond donors (Lipinski definition) is 0. The molecule has 0 saturated carbocycles. The molecule has 0 aliphatic heterocycles. The Hall–Kier alpha value is -0.0100. The average Bonchev–Trinajstić information content (AvgIpc) is 2.74. The smallest absolute Gasteiger partial charge is 0.0892 e. The summed E-state index contributed by atoms with van der Waals surface area (Å²) in [5.74, 6) is -1.89. The van der Waals surface area contributed by atoms with Gasteiger partial charge in [-0.05, 0) is 38.5 Å². The number of unbranched alkanes of at least 4 members (excludes halogenated alkanes) is 16. The third-order valence-corrected chi connectivity index (χ3v) is 7.81. The molecule has 0 aromatic heterocycles. The van der Waals surface area contributed by atoms with Crippen LogP contribution in [0.3, 0.4) is 0 Å².